The molecule has 1 saturated carbocycles. The van der Waals surface area contributed by atoms with Crippen molar-refractivity contribution in [2.45, 2.75) is 39.0 Å². The number of nitrogens with zero attached hydrogens (tertiary/aromatic N) is 2. The molecule has 5 heteroatoms. The van der Waals surface area contributed by atoms with Gasteiger partial charge in [0.2, 0.25) is 0 Å². The number of nitrogens with one attached hydrogen (secondary N) is 1. The standard InChI is InChI=1S/C14H22ClN3O/c1-3-4-12-17-11(15)9-13(18-12)16-10-14(5-6-14)7-8-19-2/h9H,3-8,10H2,1-2H3,(H,16,17,18). The highest BCUT2D eigenvalue weighted by molar-refractivity contribution is 6.29. The van der Waals surface area contributed by atoms with Crippen molar-refractivity contribution in [1.82, 2.24) is 9.97 Å². The highest BCUT2D eigenvalue weighted by Gasteiger charge is 2.41. The molecule has 19 heavy (non-hydrogen) atoms. The minimum atomic E-state index is 0.401. The summed E-state index contributed by atoms with van der Waals surface area (Å²) < 4.78 is 5.17. The largest absolute Gasteiger partial charge is 0.385 e. The highest BCUT2D eigenvalue weighted by atomic mass is 35.5. The highest BCUT2D eigenvalue weighted by Crippen LogP contribution is 2.48. The van der Waals surface area contributed by atoms with Crippen molar-refractivity contribution < 1.29 is 4.74 Å². The summed E-state index contributed by atoms with van der Waals surface area (Å²) in [5.74, 6) is 1.66. The number of rotatable bonds is 8. The zero-order valence-corrected chi connectivity index (χ0v) is 12.5. The number of hydrogen-bond acceptors (Lipinski definition) is 4. The lowest BCUT2D eigenvalue weighted by atomic mass is 10.0. The first-order valence-electron chi connectivity index (χ1n) is 6.94. The summed E-state index contributed by atoms with van der Waals surface area (Å²) >= 11 is 6.02. The lowest BCUT2D eigenvalue weighted by molar-refractivity contribution is 0.175. The number of anilines is 1. The van der Waals surface area contributed by atoms with Crippen molar-refractivity contribution in [3.05, 3.63) is 17.0 Å². The third-order valence-electron chi connectivity index (χ3n) is 3.65. The predicted molar refractivity (Wildman–Crippen MR) is 77.7 cm³/mol. The van der Waals surface area contributed by atoms with Crippen LogP contribution in [0.5, 0.6) is 0 Å². The molecule has 1 aromatic rings. The molecule has 0 saturated heterocycles. The van der Waals surface area contributed by atoms with Gasteiger partial charge < -0.3 is 10.1 Å². The Kier molecular flexibility index (Phi) is 4.99. The Morgan fingerprint density at radius 1 is 1.42 bits per heavy atom. The fraction of sp³-hybridized carbons (Fsp3) is 0.714. The number of halogens is 1. The van der Waals surface area contributed by atoms with E-state index in [1.54, 1.807) is 13.2 Å². The molecule has 1 aliphatic rings. The van der Waals surface area contributed by atoms with Gasteiger partial charge in [-0.05, 0) is 31.1 Å². The monoisotopic (exact) mass is 283 g/mol. The van der Waals surface area contributed by atoms with Gasteiger partial charge in [0, 0.05) is 32.7 Å². The van der Waals surface area contributed by atoms with Crippen LogP contribution < -0.4 is 5.32 Å². The molecule has 0 spiro atoms. The topological polar surface area (TPSA) is 47.0 Å². The van der Waals surface area contributed by atoms with E-state index in [1.165, 1.54) is 12.8 Å². The summed E-state index contributed by atoms with van der Waals surface area (Å²) in [7, 11) is 1.75. The Morgan fingerprint density at radius 3 is 2.84 bits per heavy atom. The maximum atomic E-state index is 6.02. The van der Waals surface area contributed by atoms with Crippen LogP contribution in [0, 0.1) is 5.41 Å². The zero-order valence-electron chi connectivity index (χ0n) is 11.7. The molecule has 1 N–H and O–H groups in total. The van der Waals surface area contributed by atoms with Crippen LogP contribution in [0.15, 0.2) is 6.07 Å². The van der Waals surface area contributed by atoms with Crippen LogP contribution in [-0.4, -0.2) is 30.2 Å². The summed E-state index contributed by atoms with van der Waals surface area (Å²) in [5.41, 5.74) is 0.401. The SMILES string of the molecule is CCCc1nc(Cl)cc(NCC2(CCOC)CC2)n1. The lowest BCUT2D eigenvalue weighted by Gasteiger charge is -2.16. The van der Waals surface area contributed by atoms with Gasteiger partial charge in [0.15, 0.2) is 0 Å². The van der Waals surface area contributed by atoms with E-state index >= 15 is 0 Å². The first-order chi connectivity index (χ1) is 9.17. The van der Waals surface area contributed by atoms with Crippen LogP contribution in [0.4, 0.5) is 5.82 Å². The van der Waals surface area contributed by atoms with E-state index in [1.807, 2.05) is 0 Å². The van der Waals surface area contributed by atoms with Crippen molar-refractivity contribution in [3.63, 3.8) is 0 Å². The maximum Gasteiger partial charge on any atom is 0.134 e. The summed E-state index contributed by atoms with van der Waals surface area (Å²) in [6.45, 7) is 3.88. The van der Waals surface area contributed by atoms with Gasteiger partial charge in [-0.1, -0.05) is 18.5 Å². The van der Waals surface area contributed by atoms with Crippen LogP contribution in [0.1, 0.15) is 38.4 Å². The molecule has 0 unspecified atom stereocenters. The molecule has 0 radical (unpaired) electrons. The van der Waals surface area contributed by atoms with Crippen LogP contribution in [0.3, 0.4) is 0 Å². The van der Waals surface area contributed by atoms with Crippen LogP contribution in [-0.2, 0) is 11.2 Å². The zero-order chi connectivity index (χ0) is 13.7. The molecule has 0 atom stereocenters. The van der Waals surface area contributed by atoms with Crippen LogP contribution >= 0.6 is 11.6 Å². The summed E-state index contributed by atoms with van der Waals surface area (Å²) in [5, 5.41) is 3.92. The second kappa shape index (κ2) is 6.53. The first-order valence-corrected chi connectivity index (χ1v) is 7.31. The Morgan fingerprint density at radius 2 is 2.21 bits per heavy atom. The molecule has 1 heterocycles. The van der Waals surface area contributed by atoms with Crippen LogP contribution in [0.25, 0.3) is 0 Å². The van der Waals surface area contributed by atoms with Gasteiger partial charge in [-0.2, -0.15) is 0 Å². The van der Waals surface area contributed by atoms with E-state index < -0.39 is 0 Å². The number of aromatic nitrogens is 2. The fourth-order valence-electron chi connectivity index (χ4n) is 2.18. The molecule has 0 aromatic carbocycles. The van der Waals surface area contributed by atoms with E-state index in [0.717, 1.165) is 44.1 Å². The molecular weight excluding hydrogens is 262 g/mol. The van der Waals surface area contributed by atoms with Crippen molar-refractivity contribution in [1.29, 1.82) is 0 Å². The third-order valence-corrected chi connectivity index (χ3v) is 3.85. The Labute approximate surface area is 119 Å². The van der Waals surface area contributed by atoms with Crippen molar-refractivity contribution in [3.8, 4) is 0 Å². The van der Waals surface area contributed by atoms with Crippen LogP contribution in [0.2, 0.25) is 5.15 Å². The third kappa shape index (κ3) is 4.32. The number of ether oxygens (including phenoxy) is 1. The van der Waals surface area contributed by atoms with E-state index in [9.17, 15) is 0 Å². The summed E-state index contributed by atoms with van der Waals surface area (Å²) in [6.07, 6.45) is 5.53. The molecule has 1 aliphatic carbocycles. The van der Waals surface area contributed by atoms with E-state index in [0.29, 0.717) is 10.6 Å². The average molecular weight is 284 g/mol. The second-order valence-corrected chi connectivity index (χ2v) is 5.73. The van der Waals surface area contributed by atoms with Gasteiger partial charge >= 0.3 is 0 Å². The molecule has 0 amide bonds. The lowest BCUT2D eigenvalue weighted by Crippen LogP contribution is -2.18. The molecule has 1 aromatic heterocycles. The Bertz CT molecular complexity index is 421. The van der Waals surface area contributed by atoms with Crippen molar-refractivity contribution >= 4 is 17.4 Å². The molecular formula is C14H22ClN3O. The van der Waals surface area contributed by atoms with E-state index in [4.69, 9.17) is 16.3 Å². The summed E-state index contributed by atoms with van der Waals surface area (Å²) in [4.78, 5) is 8.72. The molecule has 4 nitrogen and oxygen atoms in total. The Hall–Kier alpha value is -0.870. The molecule has 0 aliphatic heterocycles. The maximum absolute atomic E-state index is 6.02. The van der Waals surface area contributed by atoms with Crippen molar-refractivity contribution in [2.24, 2.45) is 5.41 Å². The quantitative estimate of drug-likeness (QED) is 0.744. The average Bonchev–Trinajstić information content (AvgIpc) is 3.15. The molecule has 1 fully saturated rings. The van der Waals surface area contributed by atoms with Gasteiger partial charge in [-0.3, -0.25) is 0 Å². The number of methoxy groups -OCH3 is 1. The van der Waals surface area contributed by atoms with Gasteiger partial charge in [0.1, 0.15) is 16.8 Å². The predicted octanol–water partition coefficient (Wildman–Crippen LogP) is 3.31. The fourth-order valence-corrected chi connectivity index (χ4v) is 2.38. The van der Waals surface area contributed by atoms with Crippen molar-refractivity contribution in [2.75, 3.05) is 25.6 Å². The molecule has 106 valence electrons. The van der Waals surface area contributed by atoms with Gasteiger partial charge in [-0.25, -0.2) is 9.97 Å². The van der Waals surface area contributed by atoms with Gasteiger partial charge in [0.25, 0.3) is 0 Å². The van der Waals surface area contributed by atoms with E-state index in [2.05, 4.69) is 22.2 Å². The minimum Gasteiger partial charge on any atom is -0.385 e. The second-order valence-electron chi connectivity index (χ2n) is 5.34. The molecule has 0 bridgehead atoms. The van der Waals surface area contributed by atoms with Gasteiger partial charge in [-0.15, -0.1) is 0 Å². The smallest absolute Gasteiger partial charge is 0.134 e. The summed E-state index contributed by atoms with van der Waals surface area (Å²) in [6, 6.07) is 1.80. The number of hydrogen-bond donors (Lipinski definition) is 1. The van der Waals surface area contributed by atoms with Gasteiger partial charge in [0.05, 0.1) is 0 Å². The first kappa shape index (κ1) is 14.5. The normalized spacial score (nSPS) is 16.4. The Balaban J connectivity index is 1.92. The molecule has 2 rings (SSSR count). The van der Waals surface area contributed by atoms with E-state index in [-0.39, 0.29) is 0 Å². The number of aryl methyl sites for hydroxylation is 1. The minimum absolute atomic E-state index is 0.401.